The minimum Gasteiger partial charge on any atom is -0.345 e. The summed E-state index contributed by atoms with van der Waals surface area (Å²) in [4.78, 5) is 12.8. The van der Waals surface area contributed by atoms with E-state index in [0.29, 0.717) is 6.42 Å². The summed E-state index contributed by atoms with van der Waals surface area (Å²) in [5.41, 5.74) is 6.07. The molecule has 150 valence electrons. The number of benzene rings is 3. The molecule has 0 heterocycles. The molecule has 0 fully saturated rings. The second-order valence-corrected chi connectivity index (χ2v) is 8.77. The van der Waals surface area contributed by atoms with Gasteiger partial charge >= 0.3 is 0 Å². The van der Waals surface area contributed by atoms with E-state index in [9.17, 15) is 4.79 Å². The number of carbonyl (C=O) groups is 1. The van der Waals surface area contributed by atoms with Crippen molar-refractivity contribution in [3.05, 3.63) is 107 Å². The second kappa shape index (κ2) is 9.09. The van der Waals surface area contributed by atoms with Crippen LogP contribution >= 0.6 is 0 Å². The Morgan fingerprint density at radius 3 is 2.00 bits per heavy atom. The number of hydrogen-bond donors (Lipinski definition) is 1. The summed E-state index contributed by atoms with van der Waals surface area (Å²) in [6, 6.07) is 27.0. The summed E-state index contributed by atoms with van der Waals surface area (Å²) < 4.78 is 0. The monoisotopic (exact) mass is 385 g/mol. The Bertz CT molecular complexity index is 919. The van der Waals surface area contributed by atoms with E-state index in [2.05, 4.69) is 93.7 Å². The van der Waals surface area contributed by atoms with Crippen molar-refractivity contribution in [3.63, 3.8) is 0 Å². The predicted molar refractivity (Wildman–Crippen MR) is 121 cm³/mol. The maximum atomic E-state index is 12.8. The molecular weight excluding hydrogens is 354 g/mol. The molecule has 2 heteroatoms. The standard InChI is InChI=1S/C27H31NO/c1-20-10-15-23(16-11-20)26(22-8-6-5-7-9-22)28-25(29)19-14-21-12-17-24(18-13-21)27(2,3)4/h5-13,15-18,26H,14,19H2,1-4H3,(H,28,29). The molecule has 0 aliphatic carbocycles. The molecule has 1 unspecified atom stereocenters. The van der Waals surface area contributed by atoms with Crippen LogP contribution in [0, 0.1) is 6.92 Å². The van der Waals surface area contributed by atoms with Crippen molar-refractivity contribution in [2.24, 2.45) is 0 Å². The van der Waals surface area contributed by atoms with Crippen LogP contribution in [0.15, 0.2) is 78.9 Å². The lowest BCUT2D eigenvalue weighted by atomic mass is 9.86. The lowest BCUT2D eigenvalue weighted by Crippen LogP contribution is -2.29. The zero-order valence-corrected chi connectivity index (χ0v) is 17.9. The summed E-state index contributed by atoms with van der Waals surface area (Å²) in [5.74, 6) is 0.0688. The number of nitrogens with one attached hydrogen (secondary N) is 1. The molecule has 0 aromatic heterocycles. The molecule has 1 N–H and O–H groups in total. The highest BCUT2D eigenvalue weighted by molar-refractivity contribution is 5.77. The Balaban J connectivity index is 1.68. The van der Waals surface area contributed by atoms with Gasteiger partial charge in [0.2, 0.25) is 5.91 Å². The van der Waals surface area contributed by atoms with Gasteiger partial charge in [0.25, 0.3) is 0 Å². The summed E-state index contributed by atoms with van der Waals surface area (Å²) in [7, 11) is 0. The average Bonchev–Trinajstić information content (AvgIpc) is 2.71. The van der Waals surface area contributed by atoms with Gasteiger partial charge in [-0.05, 0) is 41.0 Å². The van der Waals surface area contributed by atoms with Gasteiger partial charge in [-0.1, -0.05) is 105 Å². The molecule has 29 heavy (non-hydrogen) atoms. The first-order valence-corrected chi connectivity index (χ1v) is 10.3. The first-order chi connectivity index (χ1) is 13.8. The summed E-state index contributed by atoms with van der Waals surface area (Å²) in [6.45, 7) is 8.71. The van der Waals surface area contributed by atoms with Crippen molar-refractivity contribution < 1.29 is 4.79 Å². The smallest absolute Gasteiger partial charge is 0.221 e. The fourth-order valence-electron chi connectivity index (χ4n) is 3.43. The Kier molecular flexibility index (Phi) is 6.53. The van der Waals surface area contributed by atoms with Gasteiger partial charge in [0.05, 0.1) is 6.04 Å². The number of carbonyl (C=O) groups excluding carboxylic acids is 1. The molecule has 0 saturated heterocycles. The number of aryl methyl sites for hydroxylation is 2. The van der Waals surface area contributed by atoms with Crippen molar-refractivity contribution in [2.45, 2.75) is 52.0 Å². The minimum atomic E-state index is -0.132. The summed E-state index contributed by atoms with van der Waals surface area (Å²) >= 11 is 0. The van der Waals surface area contributed by atoms with E-state index in [1.807, 2.05) is 18.2 Å². The van der Waals surface area contributed by atoms with Gasteiger partial charge in [-0.15, -0.1) is 0 Å². The molecule has 3 aromatic rings. The summed E-state index contributed by atoms with van der Waals surface area (Å²) in [5, 5.41) is 3.24. The fourth-order valence-corrected chi connectivity index (χ4v) is 3.43. The maximum Gasteiger partial charge on any atom is 0.221 e. The van der Waals surface area contributed by atoms with E-state index < -0.39 is 0 Å². The molecule has 0 radical (unpaired) electrons. The lowest BCUT2D eigenvalue weighted by Gasteiger charge is -2.20. The van der Waals surface area contributed by atoms with Crippen LogP contribution in [-0.4, -0.2) is 5.91 Å². The van der Waals surface area contributed by atoms with Crippen molar-refractivity contribution in [2.75, 3.05) is 0 Å². The van der Waals surface area contributed by atoms with Gasteiger partial charge in [0.15, 0.2) is 0 Å². The van der Waals surface area contributed by atoms with E-state index in [0.717, 1.165) is 17.5 Å². The third kappa shape index (κ3) is 5.80. The van der Waals surface area contributed by atoms with Crippen molar-refractivity contribution in [1.29, 1.82) is 0 Å². The molecule has 0 bridgehead atoms. The molecular formula is C27H31NO. The SMILES string of the molecule is Cc1ccc(C(NC(=O)CCc2ccc(C(C)(C)C)cc2)c2ccccc2)cc1. The first kappa shape index (κ1) is 20.9. The molecule has 2 nitrogen and oxygen atoms in total. The van der Waals surface area contributed by atoms with E-state index in [-0.39, 0.29) is 17.4 Å². The quantitative estimate of drug-likeness (QED) is 0.543. The number of hydrogen-bond acceptors (Lipinski definition) is 1. The van der Waals surface area contributed by atoms with Gasteiger partial charge in [-0.2, -0.15) is 0 Å². The third-order valence-corrected chi connectivity index (χ3v) is 5.31. The van der Waals surface area contributed by atoms with E-state index >= 15 is 0 Å². The second-order valence-electron chi connectivity index (χ2n) is 8.77. The van der Waals surface area contributed by atoms with Gasteiger partial charge in [-0.3, -0.25) is 4.79 Å². The molecule has 3 rings (SSSR count). The van der Waals surface area contributed by atoms with Crippen molar-refractivity contribution >= 4 is 5.91 Å². The Morgan fingerprint density at radius 2 is 1.41 bits per heavy atom. The highest BCUT2D eigenvalue weighted by Crippen LogP contribution is 2.24. The zero-order valence-electron chi connectivity index (χ0n) is 17.9. The van der Waals surface area contributed by atoms with Crippen molar-refractivity contribution in [1.82, 2.24) is 5.32 Å². The zero-order chi connectivity index (χ0) is 20.9. The summed E-state index contributed by atoms with van der Waals surface area (Å²) in [6.07, 6.45) is 1.22. The Morgan fingerprint density at radius 1 is 0.828 bits per heavy atom. The van der Waals surface area contributed by atoms with Crippen LogP contribution in [0.5, 0.6) is 0 Å². The van der Waals surface area contributed by atoms with Crippen LogP contribution in [-0.2, 0) is 16.6 Å². The minimum absolute atomic E-state index is 0.0688. The van der Waals surface area contributed by atoms with Crippen LogP contribution in [0.1, 0.15) is 61.1 Å². The highest BCUT2D eigenvalue weighted by atomic mass is 16.1. The molecule has 3 aromatic carbocycles. The normalized spacial score (nSPS) is 12.4. The van der Waals surface area contributed by atoms with Crippen molar-refractivity contribution in [3.8, 4) is 0 Å². The van der Waals surface area contributed by atoms with Crippen LogP contribution in [0.25, 0.3) is 0 Å². The van der Waals surface area contributed by atoms with Gasteiger partial charge in [0, 0.05) is 6.42 Å². The van der Waals surface area contributed by atoms with E-state index in [4.69, 9.17) is 0 Å². The highest BCUT2D eigenvalue weighted by Gasteiger charge is 2.17. The van der Waals surface area contributed by atoms with Gasteiger partial charge in [-0.25, -0.2) is 0 Å². The number of rotatable bonds is 6. The van der Waals surface area contributed by atoms with E-state index in [1.54, 1.807) is 0 Å². The van der Waals surface area contributed by atoms with Crippen LogP contribution in [0.2, 0.25) is 0 Å². The van der Waals surface area contributed by atoms with E-state index in [1.165, 1.54) is 16.7 Å². The largest absolute Gasteiger partial charge is 0.345 e. The van der Waals surface area contributed by atoms with Crippen LogP contribution in [0.3, 0.4) is 0 Å². The molecule has 0 spiro atoms. The first-order valence-electron chi connectivity index (χ1n) is 10.3. The Labute approximate surface area is 175 Å². The molecule has 1 amide bonds. The topological polar surface area (TPSA) is 29.1 Å². The molecule has 0 saturated carbocycles. The molecule has 1 atom stereocenters. The van der Waals surface area contributed by atoms with Gasteiger partial charge < -0.3 is 5.32 Å². The Hall–Kier alpha value is -2.87. The average molecular weight is 386 g/mol. The fraction of sp³-hybridized carbons (Fsp3) is 0.296. The van der Waals surface area contributed by atoms with Gasteiger partial charge in [0.1, 0.15) is 0 Å². The third-order valence-electron chi connectivity index (χ3n) is 5.31. The van der Waals surface area contributed by atoms with Crippen LogP contribution in [0.4, 0.5) is 0 Å². The predicted octanol–water partition coefficient (Wildman–Crippen LogP) is 6.13. The maximum absolute atomic E-state index is 12.8. The molecule has 0 aliphatic rings. The number of amides is 1. The van der Waals surface area contributed by atoms with Crippen LogP contribution < -0.4 is 5.32 Å². The molecule has 0 aliphatic heterocycles. The lowest BCUT2D eigenvalue weighted by molar-refractivity contribution is -0.121.